The van der Waals surface area contributed by atoms with Crippen molar-refractivity contribution in [3.63, 3.8) is 0 Å². The highest BCUT2D eigenvalue weighted by Gasteiger charge is 2.22. The molecule has 0 aliphatic carbocycles. The molecule has 1 amide bonds. The molecule has 180 valence electrons. The summed E-state index contributed by atoms with van der Waals surface area (Å²) in [6.07, 6.45) is 1.16. The second kappa shape index (κ2) is 11.1. The number of rotatable bonds is 10. The minimum atomic E-state index is -3.57. The number of sulfonamides is 1. The van der Waals surface area contributed by atoms with Crippen LogP contribution in [0.15, 0.2) is 66.7 Å². The largest absolute Gasteiger partial charge is 0.495 e. The molecule has 0 fully saturated rings. The van der Waals surface area contributed by atoms with Crippen LogP contribution in [0, 0.1) is 13.8 Å². The van der Waals surface area contributed by atoms with Gasteiger partial charge in [-0.3, -0.25) is 9.10 Å². The maximum Gasteiger partial charge on any atom is 0.251 e. The number of nitrogens with zero attached hydrogens (tertiary/aromatic N) is 1. The van der Waals surface area contributed by atoms with Gasteiger partial charge in [0, 0.05) is 5.56 Å². The lowest BCUT2D eigenvalue weighted by molar-refractivity contribution is 0.0947. The molecule has 0 atom stereocenters. The van der Waals surface area contributed by atoms with Gasteiger partial charge in [-0.1, -0.05) is 36.4 Å². The van der Waals surface area contributed by atoms with Crippen LogP contribution in [-0.2, 0) is 16.6 Å². The zero-order chi connectivity index (χ0) is 24.7. The van der Waals surface area contributed by atoms with Gasteiger partial charge in [0.25, 0.3) is 5.91 Å². The highest BCUT2D eigenvalue weighted by atomic mass is 32.2. The molecule has 0 spiro atoms. The van der Waals surface area contributed by atoms with Crippen molar-refractivity contribution in [1.29, 1.82) is 0 Å². The Balaban J connectivity index is 1.64. The molecule has 0 aromatic heterocycles. The van der Waals surface area contributed by atoms with E-state index >= 15 is 0 Å². The fraction of sp³-hybridized carbons (Fsp3) is 0.269. The van der Waals surface area contributed by atoms with E-state index in [1.165, 1.54) is 11.4 Å². The smallest absolute Gasteiger partial charge is 0.251 e. The van der Waals surface area contributed by atoms with Crippen LogP contribution in [0.2, 0.25) is 0 Å². The van der Waals surface area contributed by atoms with Crippen molar-refractivity contribution < 1.29 is 22.7 Å². The number of ether oxygens (including phenoxy) is 2. The Bertz CT molecular complexity index is 1240. The summed E-state index contributed by atoms with van der Waals surface area (Å²) in [4.78, 5) is 12.5. The third kappa shape index (κ3) is 6.51. The van der Waals surface area contributed by atoms with Crippen LogP contribution in [0.25, 0.3) is 0 Å². The van der Waals surface area contributed by atoms with Crippen molar-refractivity contribution in [2.24, 2.45) is 0 Å². The number of amides is 1. The monoisotopic (exact) mass is 482 g/mol. The highest BCUT2D eigenvalue weighted by molar-refractivity contribution is 7.92. The first kappa shape index (κ1) is 25.1. The van der Waals surface area contributed by atoms with Gasteiger partial charge in [0.05, 0.1) is 32.1 Å². The number of aryl methyl sites for hydroxylation is 2. The number of methoxy groups -OCH3 is 1. The van der Waals surface area contributed by atoms with Crippen LogP contribution in [0.3, 0.4) is 0 Å². The van der Waals surface area contributed by atoms with E-state index in [1.54, 1.807) is 36.4 Å². The summed E-state index contributed by atoms with van der Waals surface area (Å²) in [5, 5.41) is 2.83. The van der Waals surface area contributed by atoms with Crippen LogP contribution in [0.5, 0.6) is 11.5 Å². The zero-order valence-corrected chi connectivity index (χ0v) is 20.7. The Morgan fingerprint density at radius 1 is 0.971 bits per heavy atom. The fourth-order valence-electron chi connectivity index (χ4n) is 3.45. The molecular formula is C26H30N2O5S. The number of hydrogen-bond acceptors (Lipinski definition) is 5. The molecule has 0 saturated carbocycles. The minimum Gasteiger partial charge on any atom is -0.495 e. The molecule has 0 aliphatic rings. The van der Waals surface area contributed by atoms with Crippen molar-refractivity contribution >= 4 is 21.6 Å². The zero-order valence-electron chi connectivity index (χ0n) is 19.9. The predicted molar refractivity (Wildman–Crippen MR) is 134 cm³/mol. The topological polar surface area (TPSA) is 84.9 Å². The molecule has 1 N–H and O–H groups in total. The average Bonchev–Trinajstić information content (AvgIpc) is 2.81. The van der Waals surface area contributed by atoms with Crippen LogP contribution >= 0.6 is 0 Å². The molecule has 0 radical (unpaired) electrons. The highest BCUT2D eigenvalue weighted by Crippen LogP contribution is 2.32. The number of benzene rings is 3. The summed E-state index contributed by atoms with van der Waals surface area (Å²) in [5.41, 5.74) is 3.66. The van der Waals surface area contributed by atoms with Crippen molar-refractivity contribution in [2.75, 3.05) is 30.8 Å². The van der Waals surface area contributed by atoms with E-state index in [2.05, 4.69) is 5.32 Å². The second-order valence-electron chi connectivity index (χ2n) is 8.01. The molecule has 0 bridgehead atoms. The molecule has 3 aromatic rings. The number of nitrogens with one attached hydrogen (secondary N) is 1. The van der Waals surface area contributed by atoms with E-state index in [4.69, 9.17) is 9.47 Å². The van der Waals surface area contributed by atoms with Gasteiger partial charge in [-0.25, -0.2) is 8.42 Å². The van der Waals surface area contributed by atoms with Gasteiger partial charge in [0.1, 0.15) is 18.1 Å². The minimum absolute atomic E-state index is 0.116. The lowest BCUT2D eigenvalue weighted by Gasteiger charge is -2.25. The fourth-order valence-corrected chi connectivity index (χ4v) is 4.33. The average molecular weight is 483 g/mol. The van der Waals surface area contributed by atoms with Crippen molar-refractivity contribution in [3.8, 4) is 11.5 Å². The van der Waals surface area contributed by atoms with Crippen LogP contribution in [0.4, 0.5) is 5.69 Å². The van der Waals surface area contributed by atoms with Crippen LogP contribution in [0.1, 0.15) is 27.0 Å². The molecule has 34 heavy (non-hydrogen) atoms. The Labute approximate surface area is 201 Å². The number of hydrogen-bond donors (Lipinski definition) is 1. The summed E-state index contributed by atoms with van der Waals surface area (Å²) >= 11 is 0. The van der Waals surface area contributed by atoms with Crippen LogP contribution in [-0.4, -0.2) is 40.8 Å². The molecule has 0 saturated heterocycles. The van der Waals surface area contributed by atoms with E-state index in [1.807, 2.05) is 44.2 Å². The summed E-state index contributed by atoms with van der Waals surface area (Å²) in [6, 6.07) is 20.0. The van der Waals surface area contributed by atoms with E-state index in [0.29, 0.717) is 30.2 Å². The van der Waals surface area contributed by atoms with Gasteiger partial charge < -0.3 is 14.8 Å². The number of carbonyl (C=O) groups is 1. The summed E-state index contributed by atoms with van der Waals surface area (Å²) in [5.74, 6) is 1.04. The maximum atomic E-state index is 12.6. The molecule has 8 heteroatoms. The number of anilines is 1. The molecule has 3 aromatic carbocycles. The third-order valence-corrected chi connectivity index (χ3v) is 6.41. The summed E-state index contributed by atoms with van der Waals surface area (Å²) < 4.78 is 37.5. The Morgan fingerprint density at radius 3 is 2.32 bits per heavy atom. The first-order chi connectivity index (χ1) is 16.2. The molecule has 0 heterocycles. The normalized spacial score (nSPS) is 11.1. The standard InChI is InChI=1S/C26H30N2O5S/c1-19-9-14-25(32-3)23(17-19)28(34(4,30)31)18-21-10-12-22(13-11-21)26(29)27-15-16-33-24-8-6-5-7-20(24)2/h5-14,17H,15-16,18H2,1-4H3,(H,27,29). The van der Waals surface area contributed by atoms with Crippen LogP contribution < -0.4 is 19.1 Å². The molecule has 0 unspecified atom stereocenters. The van der Waals surface area contributed by atoms with Gasteiger partial charge >= 0.3 is 0 Å². The van der Waals surface area contributed by atoms with E-state index in [9.17, 15) is 13.2 Å². The molecule has 0 aliphatic heterocycles. The van der Waals surface area contributed by atoms with Crippen molar-refractivity contribution in [1.82, 2.24) is 5.32 Å². The number of carbonyl (C=O) groups excluding carboxylic acids is 1. The van der Waals surface area contributed by atoms with E-state index in [-0.39, 0.29) is 12.5 Å². The Morgan fingerprint density at radius 2 is 1.68 bits per heavy atom. The quantitative estimate of drug-likeness (QED) is 0.440. The first-order valence-electron chi connectivity index (χ1n) is 10.9. The SMILES string of the molecule is COc1ccc(C)cc1N(Cc1ccc(C(=O)NCCOc2ccccc2C)cc1)S(C)(=O)=O. The van der Waals surface area contributed by atoms with Gasteiger partial charge in [0.15, 0.2) is 0 Å². The third-order valence-electron chi connectivity index (χ3n) is 5.28. The second-order valence-corrected chi connectivity index (χ2v) is 9.92. The molecular weight excluding hydrogens is 452 g/mol. The maximum absolute atomic E-state index is 12.6. The van der Waals surface area contributed by atoms with E-state index < -0.39 is 10.0 Å². The van der Waals surface area contributed by atoms with Gasteiger partial charge in [-0.2, -0.15) is 0 Å². The Kier molecular flexibility index (Phi) is 8.17. The van der Waals surface area contributed by atoms with Gasteiger partial charge in [-0.05, 0) is 60.9 Å². The predicted octanol–water partition coefficient (Wildman–Crippen LogP) is 4.09. The van der Waals surface area contributed by atoms with Crippen molar-refractivity contribution in [3.05, 3.63) is 89.0 Å². The lowest BCUT2D eigenvalue weighted by Crippen LogP contribution is -2.30. The molecule has 3 rings (SSSR count). The molecule has 7 nitrogen and oxygen atoms in total. The van der Waals surface area contributed by atoms with Crippen molar-refractivity contribution in [2.45, 2.75) is 20.4 Å². The summed E-state index contributed by atoms with van der Waals surface area (Å²) in [7, 11) is -2.06. The number of para-hydroxylation sites is 1. The first-order valence-corrected chi connectivity index (χ1v) is 12.7. The Hall–Kier alpha value is -3.52. The lowest BCUT2D eigenvalue weighted by atomic mass is 10.1. The summed E-state index contributed by atoms with van der Waals surface area (Å²) in [6.45, 7) is 4.70. The van der Waals surface area contributed by atoms with Gasteiger partial charge in [0.2, 0.25) is 10.0 Å². The van der Waals surface area contributed by atoms with Gasteiger partial charge in [-0.15, -0.1) is 0 Å². The van der Waals surface area contributed by atoms with E-state index in [0.717, 1.165) is 28.7 Å².